The van der Waals surface area contributed by atoms with E-state index in [1.54, 1.807) is 12.3 Å². The highest BCUT2D eigenvalue weighted by molar-refractivity contribution is 6.30. The zero-order valence-electron chi connectivity index (χ0n) is 11.0. The highest BCUT2D eigenvalue weighted by Gasteiger charge is 2.21. The summed E-state index contributed by atoms with van der Waals surface area (Å²) in [7, 11) is 0. The molecule has 4 heteroatoms. The van der Waals surface area contributed by atoms with Crippen molar-refractivity contribution < 1.29 is 0 Å². The van der Waals surface area contributed by atoms with Crippen LogP contribution in [0.15, 0.2) is 18.3 Å². The van der Waals surface area contributed by atoms with Gasteiger partial charge in [-0.1, -0.05) is 24.9 Å². The summed E-state index contributed by atoms with van der Waals surface area (Å²) in [5, 5.41) is 0.711. The summed E-state index contributed by atoms with van der Waals surface area (Å²) >= 11 is 5.95. The first-order valence-electron chi connectivity index (χ1n) is 6.78. The number of rotatable bonds is 5. The molecule has 0 saturated carbocycles. The molecule has 2 rings (SSSR count). The van der Waals surface area contributed by atoms with E-state index in [0.717, 1.165) is 24.6 Å². The molecule has 100 valence electrons. The Hall–Kier alpha value is -0.640. The Bertz CT molecular complexity index is 383. The predicted molar refractivity (Wildman–Crippen MR) is 75.6 cm³/mol. The summed E-state index contributed by atoms with van der Waals surface area (Å²) in [6, 6.07) is 3.64. The maximum Gasteiger partial charge on any atom is 0.0586 e. The van der Waals surface area contributed by atoms with Gasteiger partial charge in [0.2, 0.25) is 0 Å². The number of likely N-dealkylation sites (tertiary alicyclic amines) is 1. The van der Waals surface area contributed by atoms with E-state index in [4.69, 9.17) is 17.3 Å². The van der Waals surface area contributed by atoms with Crippen LogP contribution in [-0.4, -0.2) is 29.5 Å². The van der Waals surface area contributed by atoms with E-state index < -0.39 is 0 Å². The smallest absolute Gasteiger partial charge is 0.0586 e. The number of hydrogen-bond acceptors (Lipinski definition) is 3. The molecule has 0 aromatic carbocycles. The van der Waals surface area contributed by atoms with Crippen LogP contribution >= 0.6 is 11.6 Å². The highest BCUT2D eigenvalue weighted by atomic mass is 35.5. The van der Waals surface area contributed by atoms with Gasteiger partial charge in [-0.2, -0.15) is 0 Å². The van der Waals surface area contributed by atoms with E-state index in [-0.39, 0.29) is 6.04 Å². The molecule has 0 amide bonds. The molecule has 2 N–H and O–H groups in total. The summed E-state index contributed by atoms with van der Waals surface area (Å²) in [6.07, 6.45) is 5.30. The first-order chi connectivity index (χ1) is 8.69. The van der Waals surface area contributed by atoms with Gasteiger partial charge in [-0.15, -0.1) is 0 Å². The maximum absolute atomic E-state index is 6.16. The first-order valence-corrected chi connectivity index (χ1v) is 7.16. The van der Waals surface area contributed by atoms with Gasteiger partial charge in [0.15, 0.2) is 0 Å². The van der Waals surface area contributed by atoms with Gasteiger partial charge in [0, 0.05) is 30.4 Å². The third-order valence-corrected chi connectivity index (χ3v) is 4.06. The molecular formula is C14H22ClN3. The monoisotopic (exact) mass is 267 g/mol. The van der Waals surface area contributed by atoms with Crippen molar-refractivity contribution in [3.63, 3.8) is 0 Å². The second-order valence-corrected chi connectivity index (χ2v) is 5.59. The van der Waals surface area contributed by atoms with Gasteiger partial charge in [0.25, 0.3) is 0 Å². The fourth-order valence-electron chi connectivity index (χ4n) is 2.54. The fourth-order valence-corrected chi connectivity index (χ4v) is 2.71. The van der Waals surface area contributed by atoms with Crippen molar-refractivity contribution in [3.05, 3.63) is 29.0 Å². The first kappa shape index (κ1) is 13.8. The molecule has 1 saturated heterocycles. The van der Waals surface area contributed by atoms with Gasteiger partial charge in [-0.3, -0.25) is 4.98 Å². The molecule has 18 heavy (non-hydrogen) atoms. The molecule has 0 radical (unpaired) electrons. The number of pyridine rings is 1. The molecule has 2 atom stereocenters. The summed E-state index contributed by atoms with van der Waals surface area (Å²) < 4.78 is 0. The van der Waals surface area contributed by atoms with E-state index in [1.807, 2.05) is 6.07 Å². The van der Waals surface area contributed by atoms with Crippen LogP contribution in [0.25, 0.3) is 0 Å². The van der Waals surface area contributed by atoms with Crippen molar-refractivity contribution >= 4 is 11.6 Å². The van der Waals surface area contributed by atoms with E-state index in [0.29, 0.717) is 5.02 Å². The Morgan fingerprint density at radius 1 is 1.61 bits per heavy atom. The lowest BCUT2D eigenvalue weighted by Crippen LogP contribution is -2.25. The van der Waals surface area contributed by atoms with Gasteiger partial charge < -0.3 is 10.6 Å². The summed E-state index contributed by atoms with van der Waals surface area (Å²) in [5.41, 5.74) is 7.06. The molecular weight excluding hydrogens is 246 g/mol. The maximum atomic E-state index is 6.16. The van der Waals surface area contributed by atoms with Crippen LogP contribution in [-0.2, 0) is 0 Å². The van der Waals surface area contributed by atoms with Crippen LogP contribution in [0.5, 0.6) is 0 Å². The summed E-state index contributed by atoms with van der Waals surface area (Å²) in [4.78, 5) is 6.80. The number of aromatic nitrogens is 1. The van der Waals surface area contributed by atoms with E-state index in [2.05, 4.69) is 16.8 Å². The average Bonchev–Trinajstić information content (AvgIpc) is 2.84. The number of nitrogens with zero attached hydrogens (tertiary/aromatic N) is 2. The molecule has 3 nitrogen and oxygen atoms in total. The molecule has 1 fully saturated rings. The van der Waals surface area contributed by atoms with Gasteiger partial charge in [-0.05, 0) is 37.4 Å². The van der Waals surface area contributed by atoms with Crippen molar-refractivity contribution in [2.24, 2.45) is 11.7 Å². The number of hydrogen-bond donors (Lipinski definition) is 1. The number of nitrogens with two attached hydrogens (primary N) is 1. The Kier molecular flexibility index (Phi) is 4.98. The van der Waals surface area contributed by atoms with Crippen LogP contribution in [0.4, 0.5) is 0 Å². The minimum absolute atomic E-state index is 0.00984. The molecule has 0 bridgehead atoms. The van der Waals surface area contributed by atoms with Crippen LogP contribution in [0.3, 0.4) is 0 Å². The van der Waals surface area contributed by atoms with Crippen LogP contribution in [0.2, 0.25) is 5.02 Å². The molecule has 1 aliphatic heterocycles. The lowest BCUT2D eigenvalue weighted by atomic mass is 10.1. The Balaban J connectivity index is 1.80. The van der Waals surface area contributed by atoms with Crippen molar-refractivity contribution in [1.82, 2.24) is 9.88 Å². The molecule has 1 unspecified atom stereocenters. The zero-order chi connectivity index (χ0) is 13.0. The summed E-state index contributed by atoms with van der Waals surface area (Å²) in [6.45, 7) is 5.78. The Morgan fingerprint density at radius 2 is 2.44 bits per heavy atom. The average molecular weight is 268 g/mol. The van der Waals surface area contributed by atoms with Gasteiger partial charge in [-0.25, -0.2) is 0 Å². The van der Waals surface area contributed by atoms with E-state index in [1.165, 1.54) is 25.9 Å². The normalized spacial score (nSPS) is 22.3. The van der Waals surface area contributed by atoms with E-state index >= 15 is 0 Å². The minimum Gasteiger partial charge on any atom is -0.323 e. The second-order valence-electron chi connectivity index (χ2n) is 5.16. The third kappa shape index (κ3) is 3.67. The minimum atomic E-state index is -0.00984. The van der Waals surface area contributed by atoms with Crippen molar-refractivity contribution in [1.29, 1.82) is 0 Å². The molecule has 1 aromatic rings. The largest absolute Gasteiger partial charge is 0.323 e. The summed E-state index contributed by atoms with van der Waals surface area (Å²) in [5.74, 6) is 0.880. The lowest BCUT2D eigenvalue weighted by molar-refractivity contribution is 0.307. The molecule has 0 aliphatic carbocycles. The second kappa shape index (κ2) is 6.50. The van der Waals surface area contributed by atoms with Crippen LogP contribution in [0.1, 0.15) is 37.9 Å². The zero-order valence-corrected chi connectivity index (χ0v) is 11.7. The topological polar surface area (TPSA) is 42.1 Å². The predicted octanol–water partition coefficient (Wildman–Crippen LogP) is 2.86. The number of halogens is 1. The Morgan fingerprint density at radius 3 is 3.11 bits per heavy atom. The molecule has 1 aliphatic rings. The third-order valence-electron chi connectivity index (χ3n) is 3.83. The molecule has 2 heterocycles. The Labute approximate surface area is 114 Å². The molecule has 1 aromatic heterocycles. The fraction of sp³-hybridized carbons (Fsp3) is 0.643. The van der Waals surface area contributed by atoms with Crippen molar-refractivity contribution in [3.8, 4) is 0 Å². The molecule has 0 spiro atoms. The van der Waals surface area contributed by atoms with Gasteiger partial charge >= 0.3 is 0 Å². The van der Waals surface area contributed by atoms with Gasteiger partial charge in [0.05, 0.1) is 5.69 Å². The highest BCUT2D eigenvalue weighted by Crippen LogP contribution is 2.21. The quantitative estimate of drug-likeness (QED) is 0.892. The lowest BCUT2D eigenvalue weighted by Gasteiger charge is -2.18. The standard InChI is InChI=1S/C14H22ClN3/c1-2-11-4-7-18(10-11)8-5-13(16)14-9-12(15)3-6-17-14/h3,6,9,11,13H,2,4-5,7-8,10,16H2,1H3/t11-,13?/m1/s1. The van der Waals surface area contributed by atoms with Crippen molar-refractivity contribution in [2.45, 2.75) is 32.2 Å². The van der Waals surface area contributed by atoms with E-state index in [9.17, 15) is 0 Å². The van der Waals surface area contributed by atoms with Crippen molar-refractivity contribution in [2.75, 3.05) is 19.6 Å². The van der Waals surface area contributed by atoms with Crippen LogP contribution < -0.4 is 5.73 Å². The van der Waals surface area contributed by atoms with Crippen LogP contribution in [0, 0.1) is 5.92 Å². The van der Waals surface area contributed by atoms with Gasteiger partial charge in [0.1, 0.15) is 0 Å². The SMILES string of the molecule is CC[C@@H]1CCN(CCC(N)c2cc(Cl)ccn2)C1.